The number of rotatable bonds is 6. The average Bonchev–Trinajstić information content (AvgIpc) is 3.12. The molecule has 0 saturated carbocycles. The molecule has 0 saturated heterocycles. The van der Waals surface area contributed by atoms with E-state index in [1.165, 1.54) is 5.56 Å². The topological polar surface area (TPSA) is 59.9 Å². The zero-order valence-corrected chi connectivity index (χ0v) is 16.1. The Kier molecular flexibility index (Phi) is 5.09. The molecule has 0 fully saturated rings. The molecule has 6 heteroatoms. The molecule has 0 aliphatic heterocycles. The predicted octanol–water partition coefficient (Wildman–Crippen LogP) is 4.82. The number of anilines is 1. The lowest BCUT2D eigenvalue weighted by molar-refractivity contribution is 0.178. The first-order valence-corrected chi connectivity index (χ1v) is 9.60. The zero-order chi connectivity index (χ0) is 18.6. The quantitative estimate of drug-likeness (QED) is 0.523. The summed E-state index contributed by atoms with van der Waals surface area (Å²) >= 11 is 1.63. The molecule has 0 spiro atoms. The van der Waals surface area contributed by atoms with Crippen molar-refractivity contribution in [1.29, 1.82) is 0 Å². The molecule has 4 aromatic rings. The number of hydrogen-bond acceptors (Lipinski definition) is 6. The summed E-state index contributed by atoms with van der Waals surface area (Å²) in [4.78, 5) is 14.5. The fourth-order valence-corrected chi connectivity index (χ4v) is 3.98. The van der Waals surface area contributed by atoms with Gasteiger partial charge in [-0.2, -0.15) is 0 Å². The Bertz CT molecular complexity index is 1060. The van der Waals surface area contributed by atoms with Crippen LogP contribution in [0.3, 0.4) is 0 Å². The fourth-order valence-electron chi connectivity index (χ4n) is 3.02. The van der Waals surface area contributed by atoms with Gasteiger partial charge in [0, 0.05) is 37.0 Å². The molecule has 3 heterocycles. The molecule has 1 N–H and O–H groups in total. The summed E-state index contributed by atoms with van der Waals surface area (Å²) < 4.78 is 5.25. The van der Waals surface area contributed by atoms with E-state index < -0.39 is 0 Å². The van der Waals surface area contributed by atoms with E-state index in [1.54, 1.807) is 18.4 Å². The number of thiophene rings is 1. The number of methoxy groups -OCH3 is 1. The Morgan fingerprint density at radius 2 is 1.96 bits per heavy atom. The molecule has 0 aliphatic carbocycles. The highest BCUT2D eigenvalue weighted by molar-refractivity contribution is 7.17. The SMILES string of the molecule is COCc1nc(NCc2ccncc2C)c2c(-c3ccccc3)csc2n1. The molecule has 1 aromatic carbocycles. The highest BCUT2D eigenvalue weighted by Gasteiger charge is 2.15. The van der Waals surface area contributed by atoms with Gasteiger partial charge in [-0.1, -0.05) is 30.3 Å². The molecule has 0 atom stereocenters. The summed E-state index contributed by atoms with van der Waals surface area (Å²) in [5, 5.41) is 6.71. The first-order valence-electron chi connectivity index (χ1n) is 8.72. The maximum absolute atomic E-state index is 5.25. The van der Waals surface area contributed by atoms with Crippen LogP contribution in [0.15, 0.2) is 54.2 Å². The summed E-state index contributed by atoms with van der Waals surface area (Å²) in [6.07, 6.45) is 3.69. The van der Waals surface area contributed by atoms with Crippen molar-refractivity contribution >= 4 is 27.4 Å². The van der Waals surface area contributed by atoms with Gasteiger partial charge in [-0.15, -0.1) is 11.3 Å². The van der Waals surface area contributed by atoms with Crippen molar-refractivity contribution in [2.75, 3.05) is 12.4 Å². The van der Waals surface area contributed by atoms with Gasteiger partial charge in [0.1, 0.15) is 17.3 Å². The van der Waals surface area contributed by atoms with E-state index in [4.69, 9.17) is 9.72 Å². The van der Waals surface area contributed by atoms with Crippen molar-refractivity contribution in [3.63, 3.8) is 0 Å². The van der Waals surface area contributed by atoms with Gasteiger partial charge in [-0.25, -0.2) is 9.97 Å². The van der Waals surface area contributed by atoms with Crippen molar-refractivity contribution in [3.05, 3.63) is 71.1 Å². The third kappa shape index (κ3) is 3.67. The van der Waals surface area contributed by atoms with Crippen molar-refractivity contribution in [2.24, 2.45) is 0 Å². The van der Waals surface area contributed by atoms with Crippen LogP contribution in [0.1, 0.15) is 17.0 Å². The van der Waals surface area contributed by atoms with Crippen LogP contribution in [-0.4, -0.2) is 22.1 Å². The standard InChI is InChI=1S/C21H20N4OS/c1-14-10-22-9-8-16(14)11-23-20-19-17(15-6-4-3-5-7-15)13-27-21(19)25-18(24-20)12-26-2/h3-10,13H,11-12H2,1-2H3,(H,23,24,25). The maximum Gasteiger partial charge on any atom is 0.158 e. The number of aryl methyl sites for hydroxylation is 1. The second-order valence-electron chi connectivity index (χ2n) is 6.27. The summed E-state index contributed by atoms with van der Waals surface area (Å²) in [7, 11) is 1.66. The lowest BCUT2D eigenvalue weighted by atomic mass is 10.1. The third-order valence-electron chi connectivity index (χ3n) is 4.42. The van der Waals surface area contributed by atoms with Gasteiger partial charge < -0.3 is 10.1 Å². The van der Waals surface area contributed by atoms with Crippen LogP contribution in [0, 0.1) is 6.92 Å². The van der Waals surface area contributed by atoms with E-state index in [2.05, 4.69) is 39.7 Å². The molecule has 4 rings (SSSR count). The first-order chi connectivity index (χ1) is 13.3. The summed E-state index contributed by atoms with van der Waals surface area (Å²) in [6.45, 7) is 3.13. The average molecular weight is 376 g/mol. The lowest BCUT2D eigenvalue weighted by Gasteiger charge is -2.12. The Morgan fingerprint density at radius 1 is 1.11 bits per heavy atom. The number of nitrogens with zero attached hydrogens (tertiary/aromatic N) is 3. The minimum atomic E-state index is 0.386. The molecular weight excluding hydrogens is 356 g/mol. The number of ether oxygens (including phenoxy) is 1. The van der Waals surface area contributed by atoms with E-state index in [-0.39, 0.29) is 0 Å². The molecule has 27 heavy (non-hydrogen) atoms. The molecule has 0 radical (unpaired) electrons. The van der Waals surface area contributed by atoms with Crippen molar-refractivity contribution in [3.8, 4) is 11.1 Å². The zero-order valence-electron chi connectivity index (χ0n) is 15.3. The Labute approximate surface area is 162 Å². The Hall–Kier alpha value is -2.83. The van der Waals surface area contributed by atoms with Gasteiger partial charge in [-0.05, 0) is 29.7 Å². The Morgan fingerprint density at radius 3 is 2.74 bits per heavy atom. The van der Waals surface area contributed by atoms with Gasteiger partial charge in [0.2, 0.25) is 0 Å². The highest BCUT2D eigenvalue weighted by atomic mass is 32.1. The van der Waals surface area contributed by atoms with E-state index in [0.717, 1.165) is 32.7 Å². The molecule has 0 aliphatic rings. The smallest absolute Gasteiger partial charge is 0.158 e. The lowest BCUT2D eigenvalue weighted by Crippen LogP contribution is -2.07. The number of fused-ring (bicyclic) bond motifs is 1. The van der Waals surface area contributed by atoms with Gasteiger partial charge in [0.05, 0.1) is 5.39 Å². The minimum Gasteiger partial charge on any atom is -0.377 e. The largest absolute Gasteiger partial charge is 0.377 e. The van der Waals surface area contributed by atoms with Crippen molar-refractivity contribution in [2.45, 2.75) is 20.1 Å². The molecule has 5 nitrogen and oxygen atoms in total. The first kappa shape index (κ1) is 17.6. The molecular formula is C21H20N4OS. The van der Waals surface area contributed by atoms with Gasteiger partial charge >= 0.3 is 0 Å². The molecule has 0 bridgehead atoms. The van der Waals surface area contributed by atoms with E-state index in [1.807, 2.05) is 36.7 Å². The number of pyridine rings is 1. The maximum atomic E-state index is 5.25. The van der Waals surface area contributed by atoms with Crippen LogP contribution in [-0.2, 0) is 17.9 Å². The normalized spacial score (nSPS) is 11.0. The molecule has 136 valence electrons. The third-order valence-corrected chi connectivity index (χ3v) is 5.29. The molecule has 3 aromatic heterocycles. The fraction of sp³-hybridized carbons (Fsp3) is 0.190. The number of hydrogen-bond donors (Lipinski definition) is 1. The predicted molar refractivity (Wildman–Crippen MR) is 110 cm³/mol. The van der Waals surface area contributed by atoms with Gasteiger partial charge in [-0.3, -0.25) is 4.98 Å². The van der Waals surface area contributed by atoms with Crippen molar-refractivity contribution in [1.82, 2.24) is 15.0 Å². The van der Waals surface area contributed by atoms with Gasteiger partial charge in [0.15, 0.2) is 5.82 Å². The van der Waals surface area contributed by atoms with E-state index >= 15 is 0 Å². The van der Waals surface area contributed by atoms with Crippen LogP contribution in [0.5, 0.6) is 0 Å². The minimum absolute atomic E-state index is 0.386. The van der Waals surface area contributed by atoms with Crippen molar-refractivity contribution < 1.29 is 4.74 Å². The summed E-state index contributed by atoms with van der Waals surface area (Å²) in [5.41, 5.74) is 4.66. The Balaban J connectivity index is 1.78. The summed E-state index contributed by atoms with van der Waals surface area (Å²) in [5.74, 6) is 1.52. The van der Waals surface area contributed by atoms with Crippen LogP contribution in [0.4, 0.5) is 5.82 Å². The van der Waals surface area contributed by atoms with Gasteiger partial charge in [0.25, 0.3) is 0 Å². The van der Waals surface area contributed by atoms with E-state index in [9.17, 15) is 0 Å². The molecule has 0 amide bonds. The summed E-state index contributed by atoms with van der Waals surface area (Å²) in [6, 6.07) is 12.4. The number of benzene rings is 1. The number of aromatic nitrogens is 3. The number of nitrogens with one attached hydrogen (secondary N) is 1. The second kappa shape index (κ2) is 7.82. The highest BCUT2D eigenvalue weighted by Crippen LogP contribution is 2.37. The second-order valence-corrected chi connectivity index (χ2v) is 7.13. The molecule has 0 unspecified atom stereocenters. The van der Waals surface area contributed by atoms with E-state index in [0.29, 0.717) is 19.0 Å². The van der Waals surface area contributed by atoms with Crippen LogP contribution in [0.2, 0.25) is 0 Å². The monoisotopic (exact) mass is 376 g/mol. The van der Waals surface area contributed by atoms with Crippen LogP contribution in [0.25, 0.3) is 21.3 Å². The van der Waals surface area contributed by atoms with Crippen LogP contribution >= 0.6 is 11.3 Å². The van der Waals surface area contributed by atoms with Crippen LogP contribution < -0.4 is 5.32 Å².